The van der Waals surface area contributed by atoms with Crippen LogP contribution in [-0.2, 0) is 4.79 Å². The Hall–Kier alpha value is -0.570. The zero-order chi connectivity index (χ0) is 6.57. The van der Waals surface area contributed by atoms with Crippen LogP contribution in [0.4, 0.5) is 0 Å². The average molecular weight is 115 g/mol. The average Bonchev–Trinajstić information content (AvgIpc) is 1.65. The van der Waals surface area contributed by atoms with E-state index >= 15 is 0 Å². The van der Waals surface area contributed by atoms with Crippen LogP contribution < -0.4 is 5.32 Å². The van der Waals surface area contributed by atoms with Crippen molar-refractivity contribution in [3.63, 3.8) is 0 Å². The lowest BCUT2D eigenvalue weighted by atomic mass is 10.5. The fraction of sp³-hybridized carbons (Fsp3) is 0.800. The molecular weight excluding hydrogens is 104 g/mol. The Morgan fingerprint density at radius 3 is 2.25 bits per heavy atom. The predicted octanol–water partition coefficient (Wildman–Crippen LogP) is -0.691. The zero-order valence-electron chi connectivity index (χ0n) is 5.51. The number of nitrogens with zero attached hydrogens (tertiary/aromatic N) is 2. The molecule has 0 aromatic carbocycles. The van der Waals surface area contributed by atoms with E-state index < -0.39 is 0 Å². The molecule has 0 atom stereocenters. The highest BCUT2D eigenvalue weighted by atomic mass is 16.1. The number of likely N-dealkylation sites (N-methyl/N-ethyl adjacent to an activating group) is 2. The molecule has 0 aliphatic heterocycles. The molecule has 3 nitrogen and oxygen atoms in total. The maximum atomic E-state index is 10.4. The van der Waals surface area contributed by atoms with Crippen LogP contribution in [0.5, 0.6) is 0 Å². The van der Waals surface area contributed by atoms with Crippen molar-refractivity contribution in [2.45, 2.75) is 0 Å². The lowest BCUT2D eigenvalue weighted by Crippen LogP contribution is -2.26. The fourth-order valence-electron chi connectivity index (χ4n) is 0.341. The van der Waals surface area contributed by atoms with E-state index in [9.17, 15) is 4.79 Å². The molecule has 1 amide bonds. The monoisotopic (exact) mass is 115 g/mol. The number of amides is 1. The lowest BCUT2D eigenvalue weighted by molar-refractivity contribution is -0.121. The second-order valence-electron chi connectivity index (χ2n) is 1.86. The van der Waals surface area contributed by atoms with Crippen molar-refractivity contribution in [3.05, 3.63) is 0 Å². The van der Waals surface area contributed by atoms with Gasteiger partial charge in [0.2, 0.25) is 0 Å². The number of hydrogen-bond donors (Lipinski definition) is 0. The van der Waals surface area contributed by atoms with Gasteiger partial charge in [0.15, 0.2) is 0 Å². The number of rotatable bonds is 2. The number of carbonyl (C=O) groups excluding carboxylic acids is 1. The summed E-state index contributed by atoms with van der Waals surface area (Å²) >= 11 is 0. The van der Waals surface area contributed by atoms with Crippen molar-refractivity contribution < 1.29 is 4.79 Å². The summed E-state index contributed by atoms with van der Waals surface area (Å²) in [4.78, 5) is 12.2. The van der Waals surface area contributed by atoms with Crippen LogP contribution in [0.1, 0.15) is 0 Å². The Balaban J connectivity index is 3.25. The highest BCUT2D eigenvalue weighted by Gasteiger charge is 1.97. The summed E-state index contributed by atoms with van der Waals surface area (Å²) in [6, 6.07) is 0. The number of carbonyl (C=O) groups is 1. The van der Waals surface area contributed by atoms with Crippen molar-refractivity contribution in [2.75, 3.05) is 27.7 Å². The molecule has 0 N–H and O–H groups in total. The van der Waals surface area contributed by atoms with Crippen molar-refractivity contribution >= 4 is 5.91 Å². The molecular formula is C5H11N2O. The minimum absolute atomic E-state index is 0.0741. The van der Waals surface area contributed by atoms with E-state index in [0.29, 0.717) is 6.54 Å². The summed E-state index contributed by atoms with van der Waals surface area (Å²) in [5.41, 5.74) is 0. The van der Waals surface area contributed by atoms with E-state index in [-0.39, 0.29) is 5.91 Å². The van der Waals surface area contributed by atoms with Gasteiger partial charge >= 0.3 is 0 Å². The van der Waals surface area contributed by atoms with E-state index in [4.69, 9.17) is 0 Å². The molecule has 1 radical (unpaired) electrons. The van der Waals surface area contributed by atoms with E-state index in [2.05, 4.69) is 5.32 Å². The van der Waals surface area contributed by atoms with Crippen molar-refractivity contribution in [3.8, 4) is 0 Å². The van der Waals surface area contributed by atoms with Gasteiger partial charge in [0, 0.05) is 7.05 Å². The minimum Gasteiger partial charge on any atom is -0.301 e. The molecule has 0 aliphatic carbocycles. The van der Waals surface area contributed by atoms with Crippen molar-refractivity contribution in [2.24, 2.45) is 0 Å². The third-order valence-corrected chi connectivity index (χ3v) is 0.701. The van der Waals surface area contributed by atoms with Gasteiger partial charge in [-0.25, -0.2) is 0 Å². The van der Waals surface area contributed by atoms with E-state index in [1.807, 2.05) is 14.1 Å². The maximum absolute atomic E-state index is 10.4. The molecule has 0 bridgehead atoms. The second-order valence-corrected chi connectivity index (χ2v) is 1.86. The number of hydrogen-bond acceptors (Lipinski definition) is 2. The Morgan fingerprint density at radius 1 is 1.62 bits per heavy atom. The highest BCUT2D eigenvalue weighted by molar-refractivity contribution is 5.77. The van der Waals surface area contributed by atoms with E-state index in [1.54, 1.807) is 4.90 Å². The standard InChI is InChI=1S/C5H11N2O/c1-6-5(8)4-7(2)3/h4H2,1-3H3. The summed E-state index contributed by atoms with van der Waals surface area (Å²) in [7, 11) is 5.18. The molecule has 0 rings (SSSR count). The van der Waals surface area contributed by atoms with Crippen molar-refractivity contribution in [1.29, 1.82) is 0 Å². The van der Waals surface area contributed by atoms with Crippen LogP contribution in [0, 0.1) is 0 Å². The van der Waals surface area contributed by atoms with E-state index in [1.165, 1.54) is 7.05 Å². The summed E-state index contributed by atoms with van der Waals surface area (Å²) in [6.45, 7) is 0.413. The summed E-state index contributed by atoms with van der Waals surface area (Å²) in [5, 5.41) is 3.45. The third kappa shape index (κ3) is 3.61. The van der Waals surface area contributed by atoms with Crippen LogP contribution >= 0.6 is 0 Å². The van der Waals surface area contributed by atoms with Gasteiger partial charge in [-0.05, 0) is 14.1 Å². The summed E-state index contributed by atoms with van der Waals surface area (Å²) < 4.78 is 0. The van der Waals surface area contributed by atoms with Gasteiger partial charge in [-0.1, -0.05) is 0 Å². The van der Waals surface area contributed by atoms with Crippen LogP contribution in [-0.4, -0.2) is 38.5 Å². The molecule has 0 aromatic heterocycles. The summed E-state index contributed by atoms with van der Waals surface area (Å²) in [6.07, 6.45) is 0. The van der Waals surface area contributed by atoms with Gasteiger partial charge < -0.3 is 4.90 Å². The minimum atomic E-state index is -0.0741. The lowest BCUT2D eigenvalue weighted by Gasteiger charge is -2.04. The molecule has 8 heavy (non-hydrogen) atoms. The maximum Gasteiger partial charge on any atom is 0.255 e. The van der Waals surface area contributed by atoms with Gasteiger partial charge in [0.05, 0.1) is 6.54 Å². The Morgan fingerprint density at radius 2 is 2.12 bits per heavy atom. The molecule has 0 unspecified atom stereocenters. The van der Waals surface area contributed by atoms with Gasteiger partial charge in [0.25, 0.3) is 5.91 Å². The first-order chi connectivity index (χ1) is 3.66. The quantitative estimate of drug-likeness (QED) is 0.477. The van der Waals surface area contributed by atoms with Crippen LogP contribution in [0.3, 0.4) is 0 Å². The van der Waals surface area contributed by atoms with E-state index in [0.717, 1.165) is 0 Å². The normalized spacial score (nSPS) is 9.50. The van der Waals surface area contributed by atoms with Crippen LogP contribution in [0.15, 0.2) is 0 Å². The molecule has 0 saturated carbocycles. The molecule has 47 valence electrons. The topological polar surface area (TPSA) is 34.4 Å². The Labute approximate surface area is 49.7 Å². The predicted molar refractivity (Wildman–Crippen MR) is 31.6 cm³/mol. The molecule has 0 fully saturated rings. The van der Waals surface area contributed by atoms with Crippen LogP contribution in [0.25, 0.3) is 0 Å². The molecule has 3 heteroatoms. The fourth-order valence-corrected chi connectivity index (χ4v) is 0.341. The van der Waals surface area contributed by atoms with Gasteiger partial charge in [-0.15, -0.1) is 0 Å². The van der Waals surface area contributed by atoms with Gasteiger partial charge in [0.1, 0.15) is 0 Å². The zero-order valence-corrected chi connectivity index (χ0v) is 5.51. The molecule has 0 aromatic rings. The molecule has 0 aliphatic rings. The first kappa shape index (κ1) is 7.43. The highest BCUT2D eigenvalue weighted by Crippen LogP contribution is 1.71. The SMILES string of the molecule is C[N]C(=O)CN(C)C. The molecule has 0 spiro atoms. The van der Waals surface area contributed by atoms with Crippen molar-refractivity contribution in [1.82, 2.24) is 10.2 Å². The van der Waals surface area contributed by atoms with Crippen LogP contribution in [0.2, 0.25) is 0 Å². The smallest absolute Gasteiger partial charge is 0.255 e. The molecule has 0 saturated heterocycles. The third-order valence-electron chi connectivity index (χ3n) is 0.701. The first-order valence-corrected chi connectivity index (χ1v) is 2.44. The van der Waals surface area contributed by atoms with Gasteiger partial charge in [-0.2, -0.15) is 0 Å². The van der Waals surface area contributed by atoms with Gasteiger partial charge in [-0.3, -0.25) is 10.1 Å². The first-order valence-electron chi connectivity index (χ1n) is 2.44. The largest absolute Gasteiger partial charge is 0.301 e. The second kappa shape index (κ2) is 3.43. The summed E-state index contributed by atoms with van der Waals surface area (Å²) in [5.74, 6) is -0.0741. The molecule has 0 heterocycles. The Bertz CT molecular complexity index is 80.5. The Kier molecular flexibility index (Phi) is 3.19.